The van der Waals surface area contributed by atoms with Crippen molar-refractivity contribution in [3.05, 3.63) is 35.7 Å². The van der Waals surface area contributed by atoms with Gasteiger partial charge in [-0.3, -0.25) is 14.6 Å². The molecule has 0 aliphatic rings. The fourth-order valence-electron chi connectivity index (χ4n) is 2.09. The van der Waals surface area contributed by atoms with Crippen molar-refractivity contribution in [2.24, 2.45) is 0 Å². The molecular formula is C14H15N3O3. The van der Waals surface area contributed by atoms with Gasteiger partial charge in [0.05, 0.1) is 0 Å². The first-order chi connectivity index (χ1) is 9.40. The van der Waals surface area contributed by atoms with E-state index in [9.17, 15) is 9.59 Å². The number of hydrogen-bond acceptors (Lipinski definition) is 4. The van der Waals surface area contributed by atoms with E-state index in [1.807, 2.05) is 19.1 Å². The molecule has 1 aromatic carbocycles. The van der Waals surface area contributed by atoms with E-state index < -0.39 is 11.9 Å². The molecule has 0 aliphatic heterocycles. The summed E-state index contributed by atoms with van der Waals surface area (Å²) in [5.41, 5.74) is 7.63. The summed E-state index contributed by atoms with van der Waals surface area (Å²) >= 11 is 0. The summed E-state index contributed by atoms with van der Waals surface area (Å²) in [6.07, 6.45) is 1.50. The zero-order valence-electron chi connectivity index (χ0n) is 11.3. The molecule has 20 heavy (non-hydrogen) atoms. The van der Waals surface area contributed by atoms with E-state index in [0.29, 0.717) is 11.1 Å². The van der Waals surface area contributed by atoms with Crippen LogP contribution in [0.15, 0.2) is 24.4 Å². The number of rotatable bonds is 3. The third-order valence-electron chi connectivity index (χ3n) is 2.98. The molecule has 0 aliphatic carbocycles. The van der Waals surface area contributed by atoms with E-state index in [4.69, 9.17) is 10.8 Å². The van der Waals surface area contributed by atoms with Gasteiger partial charge in [0.2, 0.25) is 0 Å². The molecule has 1 amide bonds. The number of hydrogen-bond donors (Lipinski definition) is 2. The number of carbonyl (C=O) groups excluding carboxylic acids is 1. The van der Waals surface area contributed by atoms with Crippen molar-refractivity contribution < 1.29 is 14.7 Å². The Morgan fingerprint density at radius 3 is 2.70 bits per heavy atom. The minimum atomic E-state index is -1.07. The van der Waals surface area contributed by atoms with Gasteiger partial charge in [0.25, 0.3) is 5.91 Å². The van der Waals surface area contributed by atoms with Gasteiger partial charge in [0.15, 0.2) is 0 Å². The van der Waals surface area contributed by atoms with E-state index >= 15 is 0 Å². The standard InChI is InChI=1S/C14H15N3O3/c1-8-5-10-9(11(15)6-8)3-4-16-13(10)14(20)17(2)7-12(18)19/h3-6H,7,15H2,1-2H3,(H,18,19). The molecule has 0 bridgehead atoms. The fraction of sp³-hybridized carbons (Fsp3) is 0.214. The minimum Gasteiger partial charge on any atom is -0.480 e. The molecule has 0 atom stereocenters. The quantitative estimate of drug-likeness (QED) is 0.821. The molecule has 1 aromatic heterocycles. The lowest BCUT2D eigenvalue weighted by molar-refractivity contribution is -0.137. The third-order valence-corrected chi connectivity index (χ3v) is 2.98. The van der Waals surface area contributed by atoms with Crippen molar-refractivity contribution in [2.75, 3.05) is 19.3 Å². The van der Waals surface area contributed by atoms with Gasteiger partial charge in [-0.2, -0.15) is 0 Å². The number of aliphatic carboxylic acids is 1. The van der Waals surface area contributed by atoms with Crippen molar-refractivity contribution in [3.63, 3.8) is 0 Å². The van der Waals surface area contributed by atoms with E-state index in [2.05, 4.69) is 4.98 Å². The molecule has 6 heteroatoms. The Balaban J connectivity index is 2.54. The van der Waals surface area contributed by atoms with E-state index in [-0.39, 0.29) is 12.2 Å². The van der Waals surface area contributed by atoms with Gasteiger partial charge in [-0.1, -0.05) is 0 Å². The van der Waals surface area contributed by atoms with Crippen LogP contribution in [0.3, 0.4) is 0 Å². The van der Waals surface area contributed by atoms with Crippen LogP contribution >= 0.6 is 0 Å². The average molecular weight is 273 g/mol. The predicted octanol–water partition coefficient (Wildman–Crippen LogP) is 1.28. The number of fused-ring (bicyclic) bond motifs is 1. The summed E-state index contributed by atoms with van der Waals surface area (Å²) in [4.78, 5) is 28.2. The van der Waals surface area contributed by atoms with Crippen LogP contribution in [-0.4, -0.2) is 40.5 Å². The van der Waals surface area contributed by atoms with Gasteiger partial charge in [0.1, 0.15) is 12.2 Å². The van der Waals surface area contributed by atoms with Gasteiger partial charge < -0.3 is 15.7 Å². The highest BCUT2D eigenvalue weighted by Crippen LogP contribution is 2.25. The lowest BCUT2D eigenvalue weighted by Gasteiger charge is -2.15. The van der Waals surface area contributed by atoms with Crippen LogP contribution in [0.4, 0.5) is 5.69 Å². The molecule has 0 spiro atoms. The fourth-order valence-corrected chi connectivity index (χ4v) is 2.09. The number of pyridine rings is 1. The SMILES string of the molecule is Cc1cc(N)c2ccnc(C(=O)N(C)CC(=O)O)c2c1. The Morgan fingerprint density at radius 2 is 2.05 bits per heavy atom. The van der Waals surface area contributed by atoms with Crippen LogP contribution in [0.5, 0.6) is 0 Å². The summed E-state index contributed by atoms with van der Waals surface area (Å²) in [5.74, 6) is -1.51. The van der Waals surface area contributed by atoms with Crippen molar-refractivity contribution in [2.45, 2.75) is 6.92 Å². The molecule has 3 N–H and O–H groups in total. The molecular weight excluding hydrogens is 258 g/mol. The topological polar surface area (TPSA) is 96.5 Å². The first-order valence-corrected chi connectivity index (χ1v) is 6.02. The third kappa shape index (κ3) is 2.54. The molecule has 2 rings (SSSR count). The second kappa shape index (κ2) is 5.16. The normalized spacial score (nSPS) is 10.5. The van der Waals surface area contributed by atoms with Crippen LogP contribution in [0.1, 0.15) is 16.1 Å². The van der Waals surface area contributed by atoms with Gasteiger partial charge >= 0.3 is 5.97 Å². The second-order valence-electron chi connectivity index (χ2n) is 4.66. The largest absolute Gasteiger partial charge is 0.480 e. The maximum Gasteiger partial charge on any atom is 0.323 e. The van der Waals surface area contributed by atoms with Crippen molar-refractivity contribution >= 4 is 28.3 Å². The van der Waals surface area contributed by atoms with Crippen LogP contribution in [0, 0.1) is 6.92 Å². The van der Waals surface area contributed by atoms with Gasteiger partial charge in [-0.15, -0.1) is 0 Å². The first-order valence-electron chi connectivity index (χ1n) is 6.02. The lowest BCUT2D eigenvalue weighted by Crippen LogP contribution is -2.32. The molecule has 2 aromatic rings. The Bertz CT molecular complexity index is 697. The maximum absolute atomic E-state index is 12.3. The molecule has 1 heterocycles. The first kappa shape index (κ1) is 13.8. The molecule has 104 valence electrons. The molecule has 0 unspecified atom stereocenters. The minimum absolute atomic E-state index is 0.210. The summed E-state index contributed by atoms with van der Waals surface area (Å²) in [5, 5.41) is 10.1. The van der Waals surface area contributed by atoms with Crippen LogP contribution in [-0.2, 0) is 4.79 Å². The maximum atomic E-state index is 12.3. The van der Waals surface area contributed by atoms with Gasteiger partial charge in [-0.25, -0.2) is 0 Å². The Hall–Kier alpha value is -2.63. The molecule has 0 saturated carbocycles. The number of carbonyl (C=O) groups is 2. The van der Waals surface area contributed by atoms with E-state index in [0.717, 1.165) is 15.8 Å². The number of anilines is 1. The number of nitrogen functional groups attached to an aromatic ring is 1. The van der Waals surface area contributed by atoms with Crippen molar-refractivity contribution in [1.29, 1.82) is 0 Å². The molecule has 6 nitrogen and oxygen atoms in total. The van der Waals surface area contributed by atoms with Gasteiger partial charge in [0, 0.05) is 29.7 Å². The molecule has 0 fully saturated rings. The second-order valence-corrected chi connectivity index (χ2v) is 4.66. The number of carboxylic acids is 1. The molecule has 0 saturated heterocycles. The van der Waals surface area contributed by atoms with Gasteiger partial charge in [-0.05, 0) is 30.7 Å². The van der Waals surface area contributed by atoms with E-state index in [1.54, 1.807) is 6.07 Å². The number of benzene rings is 1. The summed E-state index contributed by atoms with van der Waals surface area (Å²) < 4.78 is 0. The Kier molecular flexibility index (Phi) is 3.56. The van der Waals surface area contributed by atoms with Crippen LogP contribution < -0.4 is 5.73 Å². The Morgan fingerprint density at radius 1 is 1.35 bits per heavy atom. The Labute approximate surface area is 115 Å². The summed E-state index contributed by atoms with van der Waals surface area (Å²) in [6.45, 7) is 1.50. The predicted molar refractivity (Wildman–Crippen MR) is 75.5 cm³/mol. The number of aryl methyl sites for hydroxylation is 1. The number of aromatic nitrogens is 1. The number of nitrogens with zero attached hydrogens (tertiary/aromatic N) is 2. The molecule has 0 radical (unpaired) electrons. The number of nitrogens with two attached hydrogens (primary N) is 1. The van der Waals surface area contributed by atoms with Crippen molar-refractivity contribution in [3.8, 4) is 0 Å². The van der Waals surface area contributed by atoms with Crippen molar-refractivity contribution in [1.82, 2.24) is 9.88 Å². The van der Waals surface area contributed by atoms with Crippen LogP contribution in [0.25, 0.3) is 10.8 Å². The summed E-state index contributed by atoms with van der Waals surface area (Å²) in [6, 6.07) is 5.37. The number of likely N-dealkylation sites (N-methyl/N-ethyl adjacent to an activating group) is 1. The number of amides is 1. The summed E-state index contributed by atoms with van der Waals surface area (Å²) in [7, 11) is 1.43. The smallest absolute Gasteiger partial charge is 0.323 e. The zero-order valence-corrected chi connectivity index (χ0v) is 11.3. The highest BCUT2D eigenvalue weighted by atomic mass is 16.4. The monoisotopic (exact) mass is 273 g/mol. The highest BCUT2D eigenvalue weighted by Gasteiger charge is 2.18. The average Bonchev–Trinajstić information content (AvgIpc) is 2.36. The number of carboxylic acid groups (broad SMARTS) is 1. The zero-order chi connectivity index (χ0) is 14.9. The van der Waals surface area contributed by atoms with E-state index in [1.165, 1.54) is 13.2 Å². The highest BCUT2D eigenvalue weighted by molar-refractivity contribution is 6.08. The van der Waals surface area contributed by atoms with Crippen LogP contribution in [0.2, 0.25) is 0 Å². The lowest BCUT2D eigenvalue weighted by atomic mass is 10.0.